The highest BCUT2D eigenvalue weighted by Gasteiger charge is 2.16. The van der Waals surface area contributed by atoms with Crippen LogP contribution < -0.4 is 15.0 Å². The summed E-state index contributed by atoms with van der Waals surface area (Å²) in [6.45, 7) is 5.47. The molecule has 0 aliphatic carbocycles. The molecule has 1 aromatic rings. The zero-order valence-corrected chi connectivity index (χ0v) is 11.6. The molecule has 0 fully saturated rings. The molecule has 0 unspecified atom stereocenters. The van der Waals surface area contributed by atoms with E-state index in [9.17, 15) is 0 Å². The van der Waals surface area contributed by atoms with Gasteiger partial charge < -0.3 is 19.7 Å². The molecule has 7 nitrogen and oxygen atoms in total. The molecule has 1 heterocycles. The van der Waals surface area contributed by atoms with E-state index < -0.39 is 0 Å². The maximum atomic E-state index is 5.10. The molecule has 0 radical (unpaired) electrons. The SMILES string of the molecule is CNc1nc(OC)nc(N(CCOC)C(C)C)n1. The summed E-state index contributed by atoms with van der Waals surface area (Å²) < 4.78 is 10.2. The van der Waals surface area contributed by atoms with Crippen LogP contribution in [0.4, 0.5) is 11.9 Å². The Hall–Kier alpha value is -1.63. The standard InChI is InChI=1S/C11H21N5O2/c1-8(2)16(6-7-17-4)10-13-9(12-3)14-11(15-10)18-5/h8H,6-7H2,1-5H3,(H,12,13,14,15). The zero-order chi connectivity index (χ0) is 13.5. The van der Waals surface area contributed by atoms with Crippen molar-refractivity contribution in [3.63, 3.8) is 0 Å². The Kier molecular flexibility index (Phi) is 5.57. The topological polar surface area (TPSA) is 72.4 Å². The maximum Gasteiger partial charge on any atom is 0.322 e. The van der Waals surface area contributed by atoms with Crippen LogP contribution in [0.3, 0.4) is 0 Å². The van der Waals surface area contributed by atoms with E-state index in [1.54, 1.807) is 14.2 Å². The lowest BCUT2D eigenvalue weighted by Crippen LogP contribution is -2.35. The third-order valence-electron chi connectivity index (χ3n) is 2.43. The quantitative estimate of drug-likeness (QED) is 0.772. The van der Waals surface area contributed by atoms with Gasteiger partial charge in [0.25, 0.3) is 0 Å². The summed E-state index contributed by atoms with van der Waals surface area (Å²) in [5.74, 6) is 1.07. The maximum absolute atomic E-state index is 5.10. The lowest BCUT2D eigenvalue weighted by atomic mass is 10.3. The predicted octanol–water partition coefficient (Wildman–Crippen LogP) is 0.783. The Morgan fingerprint density at radius 2 is 1.94 bits per heavy atom. The fourth-order valence-corrected chi connectivity index (χ4v) is 1.46. The summed E-state index contributed by atoms with van der Waals surface area (Å²) in [6, 6.07) is 0.560. The lowest BCUT2D eigenvalue weighted by Gasteiger charge is -2.26. The van der Waals surface area contributed by atoms with Gasteiger partial charge in [0, 0.05) is 26.7 Å². The van der Waals surface area contributed by atoms with Gasteiger partial charge in [-0.05, 0) is 13.8 Å². The van der Waals surface area contributed by atoms with Gasteiger partial charge in [0.2, 0.25) is 11.9 Å². The summed E-state index contributed by atoms with van der Waals surface area (Å²) in [5, 5.41) is 2.89. The third-order valence-corrected chi connectivity index (χ3v) is 2.43. The first-order chi connectivity index (χ1) is 8.62. The average molecular weight is 255 g/mol. The molecule has 0 amide bonds. The molecule has 1 N–H and O–H groups in total. The van der Waals surface area contributed by atoms with E-state index in [0.29, 0.717) is 31.1 Å². The van der Waals surface area contributed by atoms with Gasteiger partial charge in [-0.1, -0.05) is 0 Å². The number of hydrogen-bond donors (Lipinski definition) is 1. The van der Waals surface area contributed by atoms with Crippen molar-refractivity contribution in [3.8, 4) is 6.01 Å². The van der Waals surface area contributed by atoms with Crippen molar-refractivity contribution < 1.29 is 9.47 Å². The van der Waals surface area contributed by atoms with Gasteiger partial charge in [0.1, 0.15) is 0 Å². The molecular formula is C11H21N5O2. The fourth-order valence-electron chi connectivity index (χ4n) is 1.46. The van der Waals surface area contributed by atoms with E-state index in [-0.39, 0.29) is 6.04 Å². The van der Waals surface area contributed by atoms with Gasteiger partial charge >= 0.3 is 6.01 Å². The Labute approximate surface area is 108 Å². The van der Waals surface area contributed by atoms with Crippen LogP contribution >= 0.6 is 0 Å². The zero-order valence-electron chi connectivity index (χ0n) is 11.6. The predicted molar refractivity (Wildman–Crippen MR) is 70.3 cm³/mol. The van der Waals surface area contributed by atoms with E-state index in [1.165, 1.54) is 7.11 Å². The minimum atomic E-state index is 0.261. The van der Waals surface area contributed by atoms with Gasteiger partial charge in [-0.15, -0.1) is 0 Å². The molecule has 18 heavy (non-hydrogen) atoms. The molecule has 0 spiro atoms. The number of nitrogens with one attached hydrogen (secondary N) is 1. The van der Waals surface area contributed by atoms with Crippen LogP contribution in [0.2, 0.25) is 0 Å². The summed E-state index contributed by atoms with van der Waals surface area (Å²) in [6.07, 6.45) is 0. The highest BCUT2D eigenvalue weighted by atomic mass is 16.5. The molecule has 0 aromatic carbocycles. The van der Waals surface area contributed by atoms with Gasteiger partial charge in [0.15, 0.2) is 0 Å². The second kappa shape index (κ2) is 6.95. The van der Waals surface area contributed by atoms with Crippen LogP contribution in [0.5, 0.6) is 6.01 Å². The Morgan fingerprint density at radius 3 is 2.44 bits per heavy atom. The number of rotatable bonds is 7. The molecule has 0 atom stereocenters. The van der Waals surface area contributed by atoms with Crippen molar-refractivity contribution in [2.24, 2.45) is 0 Å². The highest BCUT2D eigenvalue weighted by Crippen LogP contribution is 2.16. The van der Waals surface area contributed by atoms with Crippen molar-refractivity contribution in [3.05, 3.63) is 0 Å². The van der Waals surface area contributed by atoms with Crippen LogP contribution in [0, 0.1) is 0 Å². The second-order valence-electron chi connectivity index (χ2n) is 3.98. The largest absolute Gasteiger partial charge is 0.467 e. The third kappa shape index (κ3) is 3.69. The molecule has 0 saturated carbocycles. The summed E-state index contributed by atoms with van der Waals surface area (Å²) in [5.41, 5.74) is 0. The van der Waals surface area contributed by atoms with E-state index in [1.807, 2.05) is 4.90 Å². The molecule has 0 saturated heterocycles. The second-order valence-corrected chi connectivity index (χ2v) is 3.98. The molecule has 1 aromatic heterocycles. The summed E-state index contributed by atoms with van der Waals surface area (Å²) in [7, 11) is 4.96. The van der Waals surface area contributed by atoms with Gasteiger partial charge in [-0.2, -0.15) is 15.0 Å². The molecule has 102 valence electrons. The molecule has 0 aliphatic heterocycles. The first kappa shape index (κ1) is 14.4. The normalized spacial score (nSPS) is 10.6. The van der Waals surface area contributed by atoms with Crippen molar-refractivity contribution >= 4 is 11.9 Å². The smallest absolute Gasteiger partial charge is 0.322 e. The van der Waals surface area contributed by atoms with Gasteiger partial charge in [0.05, 0.1) is 13.7 Å². The van der Waals surface area contributed by atoms with Crippen molar-refractivity contribution in [1.82, 2.24) is 15.0 Å². The Bertz CT molecular complexity index is 350. The summed E-state index contributed by atoms with van der Waals surface area (Å²) in [4.78, 5) is 14.7. The van der Waals surface area contributed by atoms with Crippen LogP contribution in [0.25, 0.3) is 0 Å². The van der Waals surface area contributed by atoms with E-state index >= 15 is 0 Å². The van der Waals surface area contributed by atoms with Crippen LogP contribution in [-0.2, 0) is 4.74 Å². The van der Waals surface area contributed by atoms with Crippen LogP contribution in [0.15, 0.2) is 0 Å². The summed E-state index contributed by atoms with van der Waals surface area (Å²) >= 11 is 0. The first-order valence-electron chi connectivity index (χ1n) is 5.85. The average Bonchev–Trinajstić information content (AvgIpc) is 2.38. The number of methoxy groups -OCH3 is 2. The number of anilines is 2. The number of hydrogen-bond acceptors (Lipinski definition) is 7. The molecule has 7 heteroatoms. The number of aromatic nitrogens is 3. The molecule has 0 aliphatic rings. The van der Waals surface area contributed by atoms with Gasteiger partial charge in [-0.25, -0.2) is 0 Å². The molecule has 0 bridgehead atoms. The Morgan fingerprint density at radius 1 is 1.22 bits per heavy atom. The van der Waals surface area contributed by atoms with Gasteiger partial charge in [-0.3, -0.25) is 0 Å². The van der Waals surface area contributed by atoms with E-state index in [0.717, 1.165) is 0 Å². The van der Waals surface area contributed by atoms with E-state index in [2.05, 4.69) is 34.1 Å². The molecular weight excluding hydrogens is 234 g/mol. The minimum Gasteiger partial charge on any atom is -0.467 e. The number of nitrogens with zero attached hydrogens (tertiary/aromatic N) is 4. The molecule has 1 rings (SSSR count). The monoisotopic (exact) mass is 255 g/mol. The minimum absolute atomic E-state index is 0.261. The van der Waals surface area contributed by atoms with Crippen molar-refractivity contribution in [2.45, 2.75) is 19.9 Å². The highest BCUT2D eigenvalue weighted by molar-refractivity contribution is 5.38. The van der Waals surface area contributed by atoms with Crippen LogP contribution in [0.1, 0.15) is 13.8 Å². The number of ether oxygens (including phenoxy) is 2. The first-order valence-corrected chi connectivity index (χ1v) is 5.85. The Balaban J connectivity index is 3.02. The van der Waals surface area contributed by atoms with Crippen molar-refractivity contribution in [1.29, 1.82) is 0 Å². The van der Waals surface area contributed by atoms with Crippen LogP contribution in [-0.4, -0.2) is 55.4 Å². The van der Waals surface area contributed by atoms with E-state index in [4.69, 9.17) is 9.47 Å². The lowest BCUT2D eigenvalue weighted by molar-refractivity contribution is 0.203. The van der Waals surface area contributed by atoms with Crippen molar-refractivity contribution in [2.75, 3.05) is 44.6 Å². The fraction of sp³-hybridized carbons (Fsp3) is 0.727.